The van der Waals surface area contributed by atoms with Crippen LogP contribution < -0.4 is 5.63 Å². The third-order valence-corrected chi connectivity index (χ3v) is 8.35. The molecule has 1 aromatic heterocycles. The number of benzene rings is 2. The zero-order valence-corrected chi connectivity index (χ0v) is 22.2. The largest absolute Gasteiger partial charge is 0.507 e. The molecule has 0 aliphatic carbocycles. The minimum atomic E-state index is -0.409. The lowest BCUT2D eigenvalue weighted by molar-refractivity contribution is 0.0371. The van der Waals surface area contributed by atoms with E-state index < -0.39 is 5.63 Å². The van der Waals surface area contributed by atoms with Crippen molar-refractivity contribution in [2.24, 2.45) is 5.92 Å². The number of rotatable bonds is 9. The minimum absolute atomic E-state index is 0.220. The maximum atomic E-state index is 12.4. The van der Waals surface area contributed by atoms with Gasteiger partial charge in [0.05, 0.1) is 5.39 Å². The first-order valence-corrected chi connectivity index (χ1v) is 13.8. The third kappa shape index (κ3) is 5.77. The highest BCUT2D eigenvalue weighted by Gasteiger charge is 2.34. The molecule has 5 rings (SSSR count). The van der Waals surface area contributed by atoms with E-state index in [9.17, 15) is 9.90 Å². The quantitative estimate of drug-likeness (QED) is 0.303. The van der Waals surface area contributed by atoms with Crippen LogP contribution in [0.4, 0.5) is 0 Å². The highest BCUT2D eigenvalue weighted by atomic mass is 16.5. The normalized spacial score (nSPS) is 20.4. The van der Waals surface area contributed by atoms with Gasteiger partial charge >= 0.3 is 5.63 Å². The number of phenolic OH excluding ortho intramolecular Hbond substituents is 1. The number of nitrogens with zero attached hydrogens (tertiary/aromatic N) is 2. The van der Waals surface area contributed by atoms with Crippen LogP contribution in [0.3, 0.4) is 0 Å². The van der Waals surface area contributed by atoms with Crippen molar-refractivity contribution >= 4 is 11.0 Å². The minimum Gasteiger partial charge on any atom is -0.507 e. The fourth-order valence-electron chi connectivity index (χ4n) is 6.54. The molecule has 6 nitrogen and oxygen atoms in total. The van der Waals surface area contributed by atoms with Crippen molar-refractivity contribution in [3.8, 4) is 16.9 Å². The van der Waals surface area contributed by atoms with Gasteiger partial charge in [-0.3, -0.25) is 4.90 Å². The molecule has 6 heteroatoms. The Labute approximate surface area is 219 Å². The van der Waals surface area contributed by atoms with Crippen LogP contribution >= 0.6 is 0 Å². The summed E-state index contributed by atoms with van der Waals surface area (Å²) in [4.78, 5) is 17.6. The second-order valence-corrected chi connectivity index (χ2v) is 10.8. The number of ether oxygens (including phenoxy) is 1. The molecule has 0 amide bonds. The van der Waals surface area contributed by atoms with E-state index >= 15 is 0 Å². The number of piperidine rings is 2. The lowest BCUT2D eigenvalue weighted by Gasteiger charge is -2.45. The van der Waals surface area contributed by atoms with Crippen molar-refractivity contribution in [3.05, 3.63) is 64.0 Å². The van der Waals surface area contributed by atoms with Gasteiger partial charge in [-0.2, -0.15) is 0 Å². The average molecular weight is 505 g/mol. The van der Waals surface area contributed by atoms with Gasteiger partial charge < -0.3 is 19.2 Å². The Morgan fingerprint density at radius 3 is 2.73 bits per heavy atom. The molecule has 37 heavy (non-hydrogen) atoms. The van der Waals surface area contributed by atoms with Gasteiger partial charge in [-0.25, -0.2) is 4.79 Å². The van der Waals surface area contributed by atoms with Crippen LogP contribution in [0.15, 0.2) is 51.7 Å². The standard InChI is InChI=1S/C31H40N2O4/c1-22-18-28-30(25(19-29(34)37-28)23-10-4-3-5-11-23)31(35)26(22)21-32(14-9-17-36-2)20-24-12-8-16-33-15-7-6-13-27(24)33/h3-5,10-11,18-19,24,27,35H,6-9,12-17,20-21H2,1-2H3/t24-,27+/m0/s1. The van der Waals surface area contributed by atoms with Crippen LogP contribution in [-0.2, 0) is 11.3 Å². The van der Waals surface area contributed by atoms with Crippen molar-refractivity contribution in [2.75, 3.05) is 39.9 Å². The number of hydrogen-bond acceptors (Lipinski definition) is 6. The molecule has 198 valence electrons. The third-order valence-electron chi connectivity index (χ3n) is 8.35. The average Bonchev–Trinajstić information content (AvgIpc) is 2.91. The predicted octanol–water partition coefficient (Wildman–Crippen LogP) is 5.58. The second kappa shape index (κ2) is 11.8. The molecule has 0 radical (unpaired) electrons. The molecule has 2 aliphatic heterocycles. The first-order valence-electron chi connectivity index (χ1n) is 13.8. The van der Waals surface area contributed by atoms with E-state index in [2.05, 4.69) is 9.80 Å². The molecule has 3 aromatic rings. The van der Waals surface area contributed by atoms with Crippen LogP contribution in [0, 0.1) is 12.8 Å². The molecule has 0 bridgehead atoms. The van der Waals surface area contributed by atoms with Crippen LogP contribution in [0.25, 0.3) is 22.1 Å². The van der Waals surface area contributed by atoms with Gasteiger partial charge in [0.1, 0.15) is 11.3 Å². The van der Waals surface area contributed by atoms with Crippen LogP contribution in [0.1, 0.15) is 49.7 Å². The number of aryl methyl sites for hydroxylation is 1. The zero-order chi connectivity index (χ0) is 25.8. The van der Waals surface area contributed by atoms with E-state index in [1.807, 2.05) is 43.3 Å². The molecule has 0 spiro atoms. The van der Waals surface area contributed by atoms with E-state index in [0.717, 1.165) is 42.8 Å². The van der Waals surface area contributed by atoms with Crippen molar-refractivity contribution in [1.29, 1.82) is 0 Å². The fourth-order valence-corrected chi connectivity index (χ4v) is 6.54. The smallest absolute Gasteiger partial charge is 0.336 e. The Bertz CT molecular complexity index is 1250. The van der Waals surface area contributed by atoms with E-state index in [0.29, 0.717) is 35.0 Å². The summed E-state index contributed by atoms with van der Waals surface area (Å²) in [6, 6.07) is 13.8. The molecule has 2 atom stereocenters. The summed E-state index contributed by atoms with van der Waals surface area (Å²) in [5, 5.41) is 12.3. The molecule has 0 unspecified atom stereocenters. The van der Waals surface area contributed by atoms with Crippen LogP contribution in [0.5, 0.6) is 5.75 Å². The van der Waals surface area contributed by atoms with E-state index in [1.165, 1.54) is 51.3 Å². The van der Waals surface area contributed by atoms with Gasteiger partial charge in [0.15, 0.2) is 0 Å². The van der Waals surface area contributed by atoms with Crippen molar-refractivity contribution in [3.63, 3.8) is 0 Å². The summed E-state index contributed by atoms with van der Waals surface area (Å²) in [5.41, 5.74) is 3.48. The first-order chi connectivity index (χ1) is 18.0. The molecule has 3 heterocycles. The lowest BCUT2D eigenvalue weighted by Crippen LogP contribution is -2.51. The summed E-state index contributed by atoms with van der Waals surface area (Å²) in [7, 11) is 1.75. The highest BCUT2D eigenvalue weighted by molar-refractivity contribution is 5.98. The van der Waals surface area contributed by atoms with Crippen LogP contribution in [0.2, 0.25) is 0 Å². The number of hydrogen-bond donors (Lipinski definition) is 1. The Morgan fingerprint density at radius 2 is 1.92 bits per heavy atom. The molecule has 2 aliphatic rings. The molecule has 2 fully saturated rings. The zero-order valence-electron chi connectivity index (χ0n) is 22.2. The lowest BCUT2D eigenvalue weighted by atomic mass is 9.83. The monoisotopic (exact) mass is 504 g/mol. The van der Waals surface area contributed by atoms with Gasteiger partial charge in [-0.1, -0.05) is 36.8 Å². The van der Waals surface area contributed by atoms with E-state index in [1.54, 1.807) is 7.11 Å². The van der Waals surface area contributed by atoms with Gasteiger partial charge in [-0.05, 0) is 75.2 Å². The number of methoxy groups -OCH3 is 1. The molecule has 2 saturated heterocycles. The fraction of sp³-hybridized carbons (Fsp3) is 0.516. The molecular weight excluding hydrogens is 464 g/mol. The van der Waals surface area contributed by atoms with Crippen molar-refractivity contribution in [2.45, 2.75) is 58.0 Å². The summed E-state index contributed by atoms with van der Waals surface area (Å²) in [6.07, 6.45) is 7.45. The molecule has 2 aromatic carbocycles. The highest BCUT2D eigenvalue weighted by Crippen LogP contribution is 2.39. The maximum absolute atomic E-state index is 12.4. The van der Waals surface area contributed by atoms with Crippen molar-refractivity contribution < 1.29 is 14.3 Å². The van der Waals surface area contributed by atoms with Gasteiger partial charge in [0.25, 0.3) is 0 Å². The number of fused-ring (bicyclic) bond motifs is 2. The topological polar surface area (TPSA) is 66.1 Å². The Hall–Kier alpha value is -2.67. The van der Waals surface area contributed by atoms with Gasteiger partial charge in [0, 0.05) is 56.6 Å². The van der Waals surface area contributed by atoms with E-state index in [-0.39, 0.29) is 5.75 Å². The summed E-state index contributed by atoms with van der Waals surface area (Å²) >= 11 is 0. The Morgan fingerprint density at radius 1 is 1.11 bits per heavy atom. The summed E-state index contributed by atoms with van der Waals surface area (Å²) < 4.78 is 10.9. The molecule has 0 saturated carbocycles. The number of aromatic hydroxyl groups is 1. The predicted molar refractivity (Wildman–Crippen MR) is 148 cm³/mol. The van der Waals surface area contributed by atoms with Gasteiger partial charge in [-0.15, -0.1) is 0 Å². The number of phenols is 1. The SMILES string of the molecule is COCCCN(Cc1c(C)cc2oc(=O)cc(-c3ccccc3)c2c1O)C[C@@H]1CCCN2CCCC[C@H]12. The molecular formula is C31H40N2O4. The van der Waals surface area contributed by atoms with Crippen molar-refractivity contribution in [1.82, 2.24) is 9.80 Å². The van der Waals surface area contributed by atoms with E-state index in [4.69, 9.17) is 9.15 Å². The Kier molecular flexibility index (Phi) is 8.28. The maximum Gasteiger partial charge on any atom is 0.336 e. The summed E-state index contributed by atoms with van der Waals surface area (Å²) in [6.45, 7) is 7.81. The van der Waals surface area contributed by atoms with Gasteiger partial charge in [0.2, 0.25) is 0 Å². The second-order valence-electron chi connectivity index (χ2n) is 10.8. The van der Waals surface area contributed by atoms with Crippen LogP contribution in [-0.4, -0.2) is 60.8 Å². The summed E-state index contributed by atoms with van der Waals surface area (Å²) in [5.74, 6) is 0.870. The molecule has 1 N–H and O–H groups in total. The Balaban J connectivity index is 1.49. The first kappa shape index (κ1) is 26.0.